The molecule has 1 aliphatic rings. The first-order valence-corrected chi connectivity index (χ1v) is 6.04. The highest BCUT2D eigenvalue weighted by Crippen LogP contribution is 2.18. The Morgan fingerprint density at radius 2 is 2.17 bits per heavy atom. The van der Waals surface area contributed by atoms with E-state index in [9.17, 15) is 0 Å². The van der Waals surface area contributed by atoms with E-state index in [2.05, 4.69) is 27.3 Å². The highest BCUT2D eigenvalue weighted by molar-refractivity contribution is 5.53. The topological polar surface area (TPSA) is 75.7 Å². The van der Waals surface area contributed by atoms with Crippen molar-refractivity contribution in [2.75, 3.05) is 25.0 Å². The summed E-state index contributed by atoms with van der Waals surface area (Å²) in [4.78, 5) is 6.18. The van der Waals surface area contributed by atoms with Gasteiger partial charge in [-0.15, -0.1) is 0 Å². The van der Waals surface area contributed by atoms with Crippen molar-refractivity contribution in [2.24, 2.45) is 0 Å². The molecule has 0 atom stereocenters. The lowest BCUT2D eigenvalue weighted by molar-refractivity contribution is 0.242. The van der Waals surface area contributed by atoms with E-state index >= 15 is 0 Å². The Kier molecular flexibility index (Phi) is 4.11. The van der Waals surface area contributed by atoms with Gasteiger partial charge in [0.25, 0.3) is 0 Å². The predicted molar refractivity (Wildman–Crippen MR) is 67.6 cm³/mol. The number of piperidine rings is 1. The van der Waals surface area contributed by atoms with E-state index in [1.807, 2.05) is 12.1 Å². The first-order valence-electron chi connectivity index (χ1n) is 6.04. The number of pyridine rings is 1. The zero-order valence-corrected chi connectivity index (χ0v) is 10.1. The lowest BCUT2D eigenvalue weighted by Crippen LogP contribution is -2.39. The zero-order chi connectivity index (χ0) is 12.8. The van der Waals surface area contributed by atoms with Crippen LogP contribution < -0.4 is 5.32 Å². The minimum absolute atomic E-state index is 0.358. The van der Waals surface area contributed by atoms with Gasteiger partial charge in [0.2, 0.25) is 0 Å². The van der Waals surface area contributed by atoms with Crippen molar-refractivity contribution in [3.8, 4) is 12.1 Å². The second-order valence-corrected chi connectivity index (χ2v) is 4.36. The maximum Gasteiger partial charge on any atom is 0.163 e. The number of hydrogen-bond donors (Lipinski definition) is 1. The van der Waals surface area contributed by atoms with Crippen LogP contribution in [0.3, 0.4) is 0 Å². The number of aromatic nitrogens is 1. The van der Waals surface area contributed by atoms with Crippen molar-refractivity contribution in [3.63, 3.8) is 0 Å². The third-order valence-electron chi connectivity index (χ3n) is 3.16. The Bertz CT molecular complexity index is 477. The van der Waals surface area contributed by atoms with Gasteiger partial charge in [-0.2, -0.15) is 10.5 Å². The van der Waals surface area contributed by atoms with Gasteiger partial charge in [0, 0.05) is 25.3 Å². The molecule has 0 amide bonds. The van der Waals surface area contributed by atoms with Crippen LogP contribution in [0.5, 0.6) is 0 Å². The van der Waals surface area contributed by atoms with E-state index < -0.39 is 0 Å². The van der Waals surface area contributed by atoms with E-state index in [1.54, 1.807) is 6.20 Å². The summed E-state index contributed by atoms with van der Waals surface area (Å²) in [7, 11) is 0. The molecule has 0 aliphatic carbocycles. The Balaban J connectivity index is 1.92. The second kappa shape index (κ2) is 6.00. The highest BCUT2D eigenvalue weighted by Gasteiger charge is 2.19. The van der Waals surface area contributed by atoms with Crippen molar-refractivity contribution in [2.45, 2.75) is 18.9 Å². The molecule has 1 saturated heterocycles. The number of nitrogens with zero attached hydrogens (tertiary/aromatic N) is 4. The van der Waals surface area contributed by atoms with Gasteiger partial charge in [0.15, 0.2) is 5.69 Å². The van der Waals surface area contributed by atoms with Gasteiger partial charge < -0.3 is 5.32 Å². The fourth-order valence-electron chi connectivity index (χ4n) is 2.17. The predicted octanol–water partition coefficient (Wildman–Crippen LogP) is 1.35. The summed E-state index contributed by atoms with van der Waals surface area (Å²) in [6.07, 6.45) is 3.60. The number of anilines is 1. The molecular weight excluding hydrogens is 226 g/mol. The molecule has 0 unspecified atom stereocenters. The van der Waals surface area contributed by atoms with Gasteiger partial charge in [-0.05, 0) is 25.0 Å². The third-order valence-corrected chi connectivity index (χ3v) is 3.16. The fourth-order valence-corrected chi connectivity index (χ4v) is 2.17. The van der Waals surface area contributed by atoms with Gasteiger partial charge in [-0.25, -0.2) is 4.98 Å². The van der Waals surface area contributed by atoms with E-state index in [-0.39, 0.29) is 0 Å². The SMILES string of the molecule is N#CCN1CCC(Nc2cccnc2C#N)CC1. The number of nitrogens with one attached hydrogen (secondary N) is 1. The van der Waals surface area contributed by atoms with Crippen LogP contribution in [0.25, 0.3) is 0 Å². The van der Waals surface area contributed by atoms with E-state index in [1.165, 1.54) is 0 Å². The summed E-state index contributed by atoms with van der Waals surface area (Å²) in [5, 5.41) is 21.0. The largest absolute Gasteiger partial charge is 0.380 e. The molecule has 5 heteroatoms. The summed E-state index contributed by atoms with van der Waals surface area (Å²) in [6, 6.07) is 8.33. The standard InChI is InChI=1S/C13H15N5/c14-5-9-18-7-3-11(4-8-18)17-12-2-1-6-16-13(12)10-15/h1-2,6,11,17H,3-4,7-9H2. The van der Waals surface area contributed by atoms with Crippen molar-refractivity contribution in [3.05, 3.63) is 24.0 Å². The van der Waals surface area contributed by atoms with E-state index in [0.717, 1.165) is 31.6 Å². The maximum absolute atomic E-state index is 8.96. The van der Waals surface area contributed by atoms with Crippen LogP contribution >= 0.6 is 0 Å². The Morgan fingerprint density at radius 3 is 2.83 bits per heavy atom. The van der Waals surface area contributed by atoms with Crippen molar-refractivity contribution in [1.29, 1.82) is 10.5 Å². The van der Waals surface area contributed by atoms with Crippen molar-refractivity contribution < 1.29 is 0 Å². The van der Waals surface area contributed by atoms with Gasteiger partial charge in [-0.1, -0.05) is 0 Å². The molecule has 1 aromatic rings. The average molecular weight is 241 g/mol. The number of nitriles is 2. The normalized spacial score (nSPS) is 16.8. The lowest BCUT2D eigenvalue weighted by atomic mass is 10.0. The molecule has 18 heavy (non-hydrogen) atoms. The third kappa shape index (κ3) is 2.97. The first-order chi connectivity index (χ1) is 8.83. The van der Waals surface area contributed by atoms with Crippen LogP contribution in [-0.2, 0) is 0 Å². The molecule has 5 nitrogen and oxygen atoms in total. The molecule has 2 heterocycles. The first kappa shape index (κ1) is 12.3. The molecule has 1 aliphatic heterocycles. The fraction of sp³-hybridized carbons (Fsp3) is 0.462. The highest BCUT2D eigenvalue weighted by atomic mass is 15.1. The molecule has 1 aromatic heterocycles. The number of rotatable bonds is 3. The van der Waals surface area contributed by atoms with E-state index in [4.69, 9.17) is 10.5 Å². The Hall–Kier alpha value is -2.11. The smallest absolute Gasteiger partial charge is 0.163 e. The van der Waals surface area contributed by atoms with Crippen LogP contribution in [0.2, 0.25) is 0 Å². The molecule has 0 spiro atoms. The number of hydrogen-bond acceptors (Lipinski definition) is 5. The van der Waals surface area contributed by atoms with Crippen LogP contribution in [0.4, 0.5) is 5.69 Å². The molecular formula is C13H15N5. The van der Waals surface area contributed by atoms with Crippen LogP contribution in [0, 0.1) is 22.7 Å². The number of likely N-dealkylation sites (tertiary alicyclic amines) is 1. The van der Waals surface area contributed by atoms with E-state index in [0.29, 0.717) is 18.3 Å². The van der Waals surface area contributed by atoms with Gasteiger partial charge in [0.05, 0.1) is 18.3 Å². The quantitative estimate of drug-likeness (QED) is 0.808. The lowest BCUT2D eigenvalue weighted by Gasteiger charge is -2.31. The second-order valence-electron chi connectivity index (χ2n) is 4.36. The molecule has 2 rings (SSSR count). The van der Waals surface area contributed by atoms with Gasteiger partial charge in [-0.3, -0.25) is 4.90 Å². The van der Waals surface area contributed by atoms with Crippen LogP contribution in [0.15, 0.2) is 18.3 Å². The van der Waals surface area contributed by atoms with Crippen LogP contribution in [-0.4, -0.2) is 35.6 Å². The van der Waals surface area contributed by atoms with Gasteiger partial charge >= 0.3 is 0 Å². The summed E-state index contributed by atoms with van der Waals surface area (Å²) in [5.41, 5.74) is 1.25. The summed E-state index contributed by atoms with van der Waals surface area (Å²) < 4.78 is 0. The average Bonchev–Trinajstić information content (AvgIpc) is 2.42. The van der Waals surface area contributed by atoms with Crippen molar-refractivity contribution in [1.82, 2.24) is 9.88 Å². The molecule has 1 fully saturated rings. The summed E-state index contributed by atoms with van der Waals surface area (Å²) >= 11 is 0. The molecule has 0 aromatic carbocycles. The Morgan fingerprint density at radius 1 is 1.39 bits per heavy atom. The summed E-state index contributed by atoms with van der Waals surface area (Å²) in [5.74, 6) is 0. The van der Waals surface area contributed by atoms with Gasteiger partial charge in [0.1, 0.15) is 6.07 Å². The minimum atomic E-state index is 0.358. The maximum atomic E-state index is 8.96. The van der Waals surface area contributed by atoms with Crippen LogP contribution in [0.1, 0.15) is 18.5 Å². The molecule has 0 saturated carbocycles. The molecule has 92 valence electrons. The molecule has 1 N–H and O–H groups in total. The zero-order valence-electron chi connectivity index (χ0n) is 10.1. The Labute approximate surface area is 107 Å². The van der Waals surface area contributed by atoms with Crippen molar-refractivity contribution >= 4 is 5.69 Å². The summed E-state index contributed by atoms with van der Waals surface area (Å²) in [6.45, 7) is 2.35. The monoisotopic (exact) mass is 241 g/mol. The minimum Gasteiger partial charge on any atom is -0.380 e. The molecule has 0 bridgehead atoms. The molecule has 0 radical (unpaired) electrons.